The molecular formula is C14H13N3OS2. The van der Waals surface area contributed by atoms with E-state index in [0.717, 1.165) is 23.2 Å². The van der Waals surface area contributed by atoms with Crippen molar-refractivity contribution in [1.82, 2.24) is 14.5 Å². The van der Waals surface area contributed by atoms with Gasteiger partial charge in [0.15, 0.2) is 4.77 Å². The normalized spacial score (nSPS) is 11.1. The first-order valence-electron chi connectivity index (χ1n) is 6.33. The SMILES string of the molecule is CCc1cccnc1Cn1c(=S)[nH]c2ccsc2c1=O. The van der Waals surface area contributed by atoms with Gasteiger partial charge in [-0.1, -0.05) is 13.0 Å². The third-order valence-corrected chi connectivity index (χ3v) is 4.49. The van der Waals surface area contributed by atoms with E-state index in [1.54, 1.807) is 10.8 Å². The first kappa shape index (κ1) is 13.2. The van der Waals surface area contributed by atoms with Crippen LogP contribution in [-0.2, 0) is 13.0 Å². The van der Waals surface area contributed by atoms with Crippen LogP contribution in [0.15, 0.2) is 34.6 Å². The van der Waals surface area contributed by atoms with Crippen molar-refractivity contribution in [2.45, 2.75) is 19.9 Å². The predicted octanol–water partition coefficient (Wildman–Crippen LogP) is 3.13. The molecule has 0 fully saturated rings. The molecule has 0 radical (unpaired) electrons. The van der Waals surface area contributed by atoms with Gasteiger partial charge in [0.2, 0.25) is 0 Å². The molecule has 0 amide bonds. The quantitative estimate of drug-likeness (QED) is 0.756. The number of nitrogens with one attached hydrogen (secondary N) is 1. The number of aromatic amines is 1. The summed E-state index contributed by atoms with van der Waals surface area (Å²) in [5.41, 5.74) is 2.79. The summed E-state index contributed by atoms with van der Waals surface area (Å²) in [6.45, 7) is 2.48. The van der Waals surface area contributed by atoms with Crippen LogP contribution in [0.5, 0.6) is 0 Å². The van der Waals surface area contributed by atoms with E-state index in [0.29, 0.717) is 16.0 Å². The monoisotopic (exact) mass is 303 g/mol. The lowest BCUT2D eigenvalue weighted by Gasteiger charge is -2.09. The van der Waals surface area contributed by atoms with Crippen molar-refractivity contribution in [2.75, 3.05) is 0 Å². The molecule has 20 heavy (non-hydrogen) atoms. The van der Waals surface area contributed by atoms with Gasteiger partial charge in [0.05, 0.1) is 17.8 Å². The second-order valence-electron chi connectivity index (χ2n) is 4.45. The standard InChI is InChI=1S/C14H13N3OS2/c1-2-9-4-3-6-15-11(9)8-17-13(18)12-10(5-7-20-12)16-14(17)19/h3-7H,2,8H2,1H3,(H,16,19). The molecule has 4 nitrogen and oxygen atoms in total. The number of fused-ring (bicyclic) bond motifs is 1. The Labute approximate surface area is 124 Å². The highest BCUT2D eigenvalue weighted by atomic mass is 32.1. The van der Waals surface area contributed by atoms with Gasteiger partial charge in [-0.15, -0.1) is 11.3 Å². The fraction of sp³-hybridized carbons (Fsp3) is 0.214. The summed E-state index contributed by atoms with van der Waals surface area (Å²) in [4.78, 5) is 19.9. The average Bonchev–Trinajstić information content (AvgIpc) is 2.92. The molecule has 0 saturated carbocycles. The number of nitrogens with zero attached hydrogens (tertiary/aromatic N) is 2. The smallest absolute Gasteiger partial charge is 0.272 e. The summed E-state index contributed by atoms with van der Waals surface area (Å²) in [5.74, 6) is 0. The Kier molecular flexibility index (Phi) is 3.50. The summed E-state index contributed by atoms with van der Waals surface area (Å²) in [7, 11) is 0. The lowest BCUT2D eigenvalue weighted by molar-refractivity contribution is 0.710. The zero-order valence-electron chi connectivity index (χ0n) is 10.9. The summed E-state index contributed by atoms with van der Waals surface area (Å²) < 4.78 is 2.72. The Morgan fingerprint density at radius 1 is 1.45 bits per heavy atom. The van der Waals surface area contributed by atoms with E-state index in [4.69, 9.17) is 12.2 Å². The molecule has 3 aromatic rings. The number of thiophene rings is 1. The highest BCUT2D eigenvalue weighted by Gasteiger charge is 2.09. The van der Waals surface area contributed by atoms with E-state index in [-0.39, 0.29) is 5.56 Å². The Morgan fingerprint density at radius 3 is 3.10 bits per heavy atom. The van der Waals surface area contributed by atoms with Crippen molar-refractivity contribution >= 4 is 33.8 Å². The van der Waals surface area contributed by atoms with Crippen molar-refractivity contribution in [3.63, 3.8) is 0 Å². The number of rotatable bonds is 3. The number of aryl methyl sites for hydroxylation is 1. The second-order valence-corrected chi connectivity index (χ2v) is 5.75. The molecule has 3 aromatic heterocycles. The molecule has 3 heterocycles. The number of aromatic nitrogens is 3. The average molecular weight is 303 g/mol. The van der Waals surface area contributed by atoms with Gasteiger partial charge in [-0.05, 0) is 41.7 Å². The van der Waals surface area contributed by atoms with Crippen molar-refractivity contribution in [3.05, 3.63) is 56.2 Å². The Balaban J connectivity index is 2.15. The largest absolute Gasteiger partial charge is 0.331 e. The first-order chi connectivity index (χ1) is 9.70. The van der Waals surface area contributed by atoms with Crippen LogP contribution in [-0.4, -0.2) is 14.5 Å². The molecule has 102 valence electrons. The molecule has 0 aliphatic carbocycles. The first-order valence-corrected chi connectivity index (χ1v) is 7.62. The maximum Gasteiger partial charge on any atom is 0.272 e. The molecule has 0 aliphatic heterocycles. The van der Waals surface area contributed by atoms with Gasteiger partial charge in [0, 0.05) is 6.20 Å². The fourth-order valence-corrected chi connectivity index (χ4v) is 3.25. The summed E-state index contributed by atoms with van der Waals surface area (Å²) >= 11 is 6.72. The lowest BCUT2D eigenvalue weighted by atomic mass is 10.1. The third kappa shape index (κ3) is 2.21. The number of hydrogen-bond acceptors (Lipinski definition) is 4. The third-order valence-electron chi connectivity index (χ3n) is 3.26. The van der Waals surface area contributed by atoms with E-state index in [1.165, 1.54) is 11.3 Å². The molecule has 0 aliphatic rings. The Morgan fingerprint density at radius 2 is 2.30 bits per heavy atom. The molecule has 0 unspecified atom stereocenters. The second kappa shape index (κ2) is 5.30. The number of pyridine rings is 1. The highest BCUT2D eigenvalue weighted by molar-refractivity contribution is 7.71. The van der Waals surface area contributed by atoms with Gasteiger partial charge in [0.1, 0.15) is 4.70 Å². The van der Waals surface area contributed by atoms with Gasteiger partial charge in [-0.3, -0.25) is 14.3 Å². The van der Waals surface area contributed by atoms with E-state index in [9.17, 15) is 4.79 Å². The summed E-state index contributed by atoms with van der Waals surface area (Å²) in [5, 5.41) is 1.89. The Hall–Kier alpha value is -1.79. The zero-order chi connectivity index (χ0) is 14.1. The van der Waals surface area contributed by atoms with Gasteiger partial charge in [-0.25, -0.2) is 0 Å². The van der Waals surface area contributed by atoms with E-state index < -0.39 is 0 Å². The fourth-order valence-electron chi connectivity index (χ4n) is 2.20. The van der Waals surface area contributed by atoms with Gasteiger partial charge >= 0.3 is 0 Å². The molecular weight excluding hydrogens is 290 g/mol. The molecule has 1 N–H and O–H groups in total. The van der Waals surface area contributed by atoms with Crippen LogP contribution >= 0.6 is 23.6 Å². The van der Waals surface area contributed by atoms with E-state index in [2.05, 4.69) is 16.9 Å². The van der Waals surface area contributed by atoms with Crippen LogP contribution in [0.3, 0.4) is 0 Å². The van der Waals surface area contributed by atoms with Gasteiger partial charge in [0.25, 0.3) is 5.56 Å². The molecule has 0 saturated heterocycles. The lowest BCUT2D eigenvalue weighted by Crippen LogP contribution is -2.23. The van der Waals surface area contributed by atoms with E-state index in [1.807, 2.05) is 23.6 Å². The van der Waals surface area contributed by atoms with Crippen molar-refractivity contribution in [3.8, 4) is 0 Å². The Bertz CT molecular complexity index is 876. The molecule has 6 heteroatoms. The molecule has 3 rings (SSSR count). The van der Waals surface area contributed by atoms with E-state index >= 15 is 0 Å². The number of hydrogen-bond donors (Lipinski definition) is 1. The molecule has 0 bridgehead atoms. The predicted molar refractivity (Wildman–Crippen MR) is 84.0 cm³/mol. The molecule has 0 spiro atoms. The van der Waals surface area contributed by atoms with Gasteiger partial charge < -0.3 is 4.98 Å². The molecule has 0 aromatic carbocycles. The van der Waals surface area contributed by atoms with Crippen LogP contribution in [0.25, 0.3) is 10.2 Å². The maximum absolute atomic E-state index is 12.5. The minimum Gasteiger partial charge on any atom is -0.331 e. The number of H-pyrrole nitrogens is 1. The van der Waals surface area contributed by atoms with Gasteiger partial charge in [-0.2, -0.15) is 0 Å². The maximum atomic E-state index is 12.5. The van der Waals surface area contributed by atoms with Crippen LogP contribution < -0.4 is 5.56 Å². The van der Waals surface area contributed by atoms with Crippen LogP contribution in [0, 0.1) is 4.77 Å². The van der Waals surface area contributed by atoms with Crippen molar-refractivity contribution in [2.24, 2.45) is 0 Å². The van der Waals surface area contributed by atoms with Crippen LogP contribution in [0.1, 0.15) is 18.2 Å². The summed E-state index contributed by atoms with van der Waals surface area (Å²) in [6.07, 6.45) is 2.63. The minimum absolute atomic E-state index is 0.0496. The summed E-state index contributed by atoms with van der Waals surface area (Å²) in [6, 6.07) is 5.82. The topological polar surface area (TPSA) is 50.7 Å². The molecule has 0 atom stereocenters. The van der Waals surface area contributed by atoms with Crippen molar-refractivity contribution < 1.29 is 0 Å². The highest BCUT2D eigenvalue weighted by Crippen LogP contribution is 2.15. The minimum atomic E-state index is -0.0496. The van der Waals surface area contributed by atoms with Crippen molar-refractivity contribution in [1.29, 1.82) is 0 Å². The van der Waals surface area contributed by atoms with Crippen LogP contribution in [0.2, 0.25) is 0 Å². The zero-order valence-corrected chi connectivity index (χ0v) is 12.6. The van der Waals surface area contributed by atoms with Crippen LogP contribution in [0.4, 0.5) is 0 Å².